The van der Waals surface area contributed by atoms with E-state index in [9.17, 15) is 18.0 Å². The Labute approximate surface area is 120 Å². The van der Waals surface area contributed by atoms with E-state index < -0.39 is 23.7 Å². The van der Waals surface area contributed by atoms with E-state index >= 15 is 0 Å². The zero-order chi connectivity index (χ0) is 16.0. The van der Waals surface area contributed by atoms with Gasteiger partial charge in [0.25, 0.3) is 0 Å². The molecule has 1 aromatic rings. The van der Waals surface area contributed by atoms with Crippen LogP contribution < -0.4 is 16.4 Å². The van der Waals surface area contributed by atoms with Crippen molar-refractivity contribution in [1.29, 1.82) is 0 Å². The maximum Gasteiger partial charge on any atom is 0.418 e. The average Bonchev–Trinajstić information content (AvgIpc) is 2.39. The molecule has 0 aromatic heterocycles. The second-order valence-electron chi connectivity index (χ2n) is 4.45. The molecule has 0 heterocycles. The minimum absolute atomic E-state index is 0.00470. The number of halogens is 3. The van der Waals surface area contributed by atoms with Crippen LogP contribution in [0, 0.1) is 0 Å². The molecule has 0 fully saturated rings. The van der Waals surface area contributed by atoms with Gasteiger partial charge in [-0.15, -0.1) is 0 Å². The summed E-state index contributed by atoms with van der Waals surface area (Å²) in [6.07, 6.45) is -4.55. The molecule has 118 valence electrons. The van der Waals surface area contributed by atoms with E-state index in [0.717, 1.165) is 6.07 Å². The molecule has 1 rings (SSSR count). The summed E-state index contributed by atoms with van der Waals surface area (Å²) >= 11 is 0. The summed E-state index contributed by atoms with van der Waals surface area (Å²) in [5.41, 5.74) is 4.29. The smallest absolute Gasteiger partial charge is 0.399 e. The Morgan fingerprint density at radius 1 is 1.43 bits per heavy atom. The standard InChI is InChI=1S/C13H18F3N3O2/c1-8(12(20)18-5-6-21-2)19-11-4-3-9(17)7-10(11)13(14,15)16/h3-4,7-8,19H,5-6,17H2,1-2H3,(H,18,20). The summed E-state index contributed by atoms with van der Waals surface area (Å²) in [5.74, 6) is -0.419. The lowest BCUT2D eigenvalue weighted by Gasteiger charge is -2.19. The summed E-state index contributed by atoms with van der Waals surface area (Å²) < 4.78 is 43.5. The first-order valence-electron chi connectivity index (χ1n) is 6.25. The van der Waals surface area contributed by atoms with Gasteiger partial charge in [0.15, 0.2) is 0 Å². The SMILES string of the molecule is COCCNC(=O)C(C)Nc1ccc(N)cc1C(F)(F)F. The molecule has 4 N–H and O–H groups in total. The molecule has 0 radical (unpaired) electrons. The van der Waals surface area contributed by atoms with Crippen molar-refractivity contribution in [2.45, 2.75) is 19.1 Å². The molecule has 0 saturated carbocycles. The lowest BCUT2D eigenvalue weighted by Crippen LogP contribution is -2.39. The monoisotopic (exact) mass is 305 g/mol. The Morgan fingerprint density at radius 2 is 2.10 bits per heavy atom. The predicted octanol–water partition coefficient (Wildman–Crippen LogP) is 1.85. The van der Waals surface area contributed by atoms with E-state index in [0.29, 0.717) is 6.61 Å². The van der Waals surface area contributed by atoms with Gasteiger partial charge < -0.3 is 21.1 Å². The number of methoxy groups -OCH3 is 1. The molecule has 0 bridgehead atoms. The number of amides is 1. The van der Waals surface area contributed by atoms with Crippen molar-refractivity contribution in [3.8, 4) is 0 Å². The van der Waals surface area contributed by atoms with Crippen LogP contribution in [0.5, 0.6) is 0 Å². The lowest BCUT2D eigenvalue weighted by molar-refractivity contribution is -0.137. The lowest BCUT2D eigenvalue weighted by atomic mass is 10.1. The minimum atomic E-state index is -4.55. The molecule has 0 saturated heterocycles. The maximum absolute atomic E-state index is 12.9. The van der Waals surface area contributed by atoms with Crippen molar-refractivity contribution < 1.29 is 22.7 Å². The third kappa shape index (κ3) is 5.14. The first-order valence-corrected chi connectivity index (χ1v) is 6.25. The number of nitrogens with two attached hydrogens (primary N) is 1. The molecule has 5 nitrogen and oxygen atoms in total. The predicted molar refractivity (Wildman–Crippen MR) is 73.8 cm³/mol. The van der Waals surface area contributed by atoms with Gasteiger partial charge in [-0.2, -0.15) is 13.2 Å². The molecule has 1 aromatic carbocycles. The fraction of sp³-hybridized carbons (Fsp3) is 0.462. The topological polar surface area (TPSA) is 76.4 Å². The van der Waals surface area contributed by atoms with Gasteiger partial charge in [0.05, 0.1) is 12.2 Å². The fourth-order valence-corrected chi connectivity index (χ4v) is 1.65. The molecular weight excluding hydrogens is 287 g/mol. The summed E-state index contributed by atoms with van der Waals surface area (Å²) in [6.45, 7) is 2.09. The molecule has 1 atom stereocenters. The Kier molecular flexibility index (Phi) is 5.83. The number of hydrogen-bond acceptors (Lipinski definition) is 4. The molecule has 0 aliphatic rings. The molecule has 0 spiro atoms. The van der Waals surface area contributed by atoms with Gasteiger partial charge in [0.1, 0.15) is 6.04 Å². The van der Waals surface area contributed by atoms with Crippen molar-refractivity contribution in [1.82, 2.24) is 5.32 Å². The normalized spacial score (nSPS) is 12.8. The fourth-order valence-electron chi connectivity index (χ4n) is 1.65. The van der Waals surface area contributed by atoms with Crippen LogP contribution in [-0.2, 0) is 15.7 Å². The third-order valence-electron chi connectivity index (χ3n) is 2.72. The van der Waals surface area contributed by atoms with Crippen LogP contribution in [0.1, 0.15) is 12.5 Å². The van der Waals surface area contributed by atoms with Gasteiger partial charge in [-0.3, -0.25) is 4.79 Å². The van der Waals surface area contributed by atoms with Crippen LogP contribution in [0.25, 0.3) is 0 Å². The van der Waals surface area contributed by atoms with Crippen molar-refractivity contribution >= 4 is 17.3 Å². The van der Waals surface area contributed by atoms with E-state index in [-0.39, 0.29) is 17.9 Å². The highest BCUT2D eigenvalue weighted by molar-refractivity contribution is 5.84. The summed E-state index contributed by atoms with van der Waals surface area (Å²) in [4.78, 5) is 11.7. The van der Waals surface area contributed by atoms with Crippen LogP contribution in [0.3, 0.4) is 0 Å². The second-order valence-corrected chi connectivity index (χ2v) is 4.45. The van der Waals surface area contributed by atoms with Crippen LogP contribution in [0.2, 0.25) is 0 Å². The number of benzene rings is 1. The van der Waals surface area contributed by atoms with Crippen molar-refractivity contribution in [2.24, 2.45) is 0 Å². The molecule has 21 heavy (non-hydrogen) atoms. The van der Waals surface area contributed by atoms with Crippen molar-refractivity contribution in [2.75, 3.05) is 31.3 Å². The number of nitrogens with one attached hydrogen (secondary N) is 2. The minimum Gasteiger partial charge on any atom is -0.399 e. The Hall–Kier alpha value is -1.96. The molecule has 8 heteroatoms. The number of carbonyl (C=O) groups is 1. The zero-order valence-corrected chi connectivity index (χ0v) is 11.8. The Balaban J connectivity index is 2.80. The number of anilines is 2. The highest BCUT2D eigenvalue weighted by Crippen LogP contribution is 2.36. The van der Waals surface area contributed by atoms with Crippen LogP contribution in [-0.4, -0.2) is 32.2 Å². The quantitative estimate of drug-likeness (QED) is 0.554. The number of carbonyl (C=O) groups excluding carboxylic acids is 1. The number of alkyl halides is 3. The molecule has 1 unspecified atom stereocenters. The van der Waals surface area contributed by atoms with Gasteiger partial charge in [-0.25, -0.2) is 0 Å². The third-order valence-corrected chi connectivity index (χ3v) is 2.72. The molecule has 1 amide bonds. The van der Waals surface area contributed by atoms with Gasteiger partial charge in [0, 0.05) is 25.0 Å². The van der Waals surface area contributed by atoms with E-state index in [1.54, 1.807) is 0 Å². The van der Waals surface area contributed by atoms with Crippen molar-refractivity contribution in [3.63, 3.8) is 0 Å². The summed E-state index contributed by atoms with van der Waals surface area (Å²) in [6, 6.07) is 2.55. The zero-order valence-electron chi connectivity index (χ0n) is 11.8. The summed E-state index contributed by atoms with van der Waals surface area (Å²) in [7, 11) is 1.48. The van der Waals surface area contributed by atoms with Gasteiger partial charge in [-0.05, 0) is 25.1 Å². The van der Waals surface area contributed by atoms with E-state index in [1.165, 1.54) is 26.2 Å². The first-order chi connectivity index (χ1) is 9.75. The summed E-state index contributed by atoms with van der Waals surface area (Å²) in [5, 5.41) is 5.08. The largest absolute Gasteiger partial charge is 0.418 e. The average molecular weight is 305 g/mol. The number of ether oxygens (including phenoxy) is 1. The Morgan fingerprint density at radius 3 is 2.67 bits per heavy atom. The van der Waals surface area contributed by atoms with E-state index in [1.807, 2.05) is 0 Å². The van der Waals surface area contributed by atoms with Crippen LogP contribution in [0.4, 0.5) is 24.5 Å². The Bertz CT molecular complexity index is 492. The molecule has 0 aliphatic carbocycles. The molecule has 0 aliphatic heterocycles. The van der Waals surface area contributed by atoms with Crippen LogP contribution in [0.15, 0.2) is 18.2 Å². The van der Waals surface area contributed by atoms with E-state index in [4.69, 9.17) is 10.5 Å². The van der Waals surface area contributed by atoms with E-state index in [2.05, 4.69) is 10.6 Å². The number of rotatable bonds is 6. The number of nitrogen functional groups attached to an aromatic ring is 1. The van der Waals surface area contributed by atoms with Gasteiger partial charge >= 0.3 is 6.18 Å². The van der Waals surface area contributed by atoms with Crippen LogP contribution >= 0.6 is 0 Å². The molecular formula is C13H18F3N3O2. The highest BCUT2D eigenvalue weighted by atomic mass is 19.4. The first kappa shape index (κ1) is 17.1. The number of hydrogen-bond donors (Lipinski definition) is 3. The van der Waals surface area contributed by atoms with Crippen molar-refractivity contribution in [3.05, 3.63) is 23.8 Å². The van der Waals surface area contributed by atoms with Gasteiger partial charge in [0.2, 0.25) is 5.91 Å². The maximum atomic E-state index is 12.9. The van der Waals surface area contributed by atoms with Gasteiger partial charge in [-0.1, -0.05) is 0 Å². The highest BCUT2D eigenvalue weighted by Gasteiger charge is 2.34. The second kappa shape index (κ2) is 7.16.